The van der Waals surface area contributed by atoms with Crippen LogP contribution in [-0.4, -0.2) is 19.1 Å². The van der Waals surface area contributed by atoms with Gasteiger partial charge in [0.2, 0.25) is 0 Å². The maximum Gasteiger partial charge on any atom is 0.254 e. The molecule has 0 aliphatic heterocycles. The average molecular weight is 375 g/mol. The molecule has 1 atom stereocenters. The smallest absolute Gasteiger partial charge is 0.254 e. The normalized spacial score (nSPS) is 15.4. The number of hydrogen-bond donors (Lipinski definition) is 1. The zero-order chi connectivity index (χ0) is 19.4. The number of ether oxygens (including phenoxy) is 2. The molecule has 1 amide bonds. The molecule has 2 aromatic carbocycles. The van der Waals surface area contributed by atoms with Crippen molar-refractivity contribution in [1.82, 2.24) is 5.32 Å². The Morgan fingerprint density at radius 1 is 1.15 bits per heavy atom. The fraction of sp³-hybridized carbons (Fsp3) is 0.381. The number of methoxy groups -OCH3 is 1. The van der Waals surface area contributed by atoms with Gasteiger partial charge in [-0.05, 0) is 62.4 Å². The number of nitrogens with one attached hydrogen (secondary N) is 1. The van der Waals surface area contributed by atoms with Gasteiger partial charge in [0.1, 0.15) is 0 Å². The van der Waals surface area contributed by atoms with Gasteiger partial charge >= 0.3 is 0 Å². The first-order chi connectivity index (χ1) is 13.0. The second kappa shape index (κ2) is 8.37. The van der Waals surface area contributed by atoms with Crippen LogP contribution in [0.5, 0.6) is 11.5 Å². The van der Waals surface area contributed by atoms with Crippen molar-refractivity contribution < 1.29 is 23.0 Å². The molecule has 27 heavy (non-hydrogen) atoms. The number of hydrogen-bond acceptors (Lipinski definition) is 3. The Labute approximate surface area is 157 Å². The number of carbonyl (C=O) groups excluding carboxylic acids is 1. The molecule has 144 valence electrons. The molecule has 3 rings (SSSR count). The highest BCUT2D eigenvalue weighted by Crippen LogP contribution is 2.33. The lowest BCUT2D eigenvalue weighted by molar-refractivity contribution is 0.0934. The first kappa shape index (κ1) is 19.1. The topological polar surface area (TPSA) is 47.6 Å². The van der Waals surface area contributed by atoms with Crippen LogP contribution in [0.3, 0.4) is 0 Å². The van der Waals surface area contributed by atoms with Crippen LogP contribution in [0.25, 0.3) is 0 Å². The quantitative estimate of drug-likeness (QED) is 0.790. The molecule has 0 radical (unpaired) electrons. The molecule has 6 heteroatoms. The highest BCUT2D eigenvalue weighted by atomic mass is 19.2. The molecule has 0 saturated heterocycles. The molecule has 1 saturated carbocycles. The van der Waals surface area contributed by atoms with Crippen LogP contribution in [0.4, 0.5) is 8.78 Å². The molecular weight excluding hydrogens is 352 g/mol. The molecule has 0 spiro atoms. The Bertz CT molecular complexity index is 819. The van der Waals surface area contributed by atoms with Gasteiger partial charge in [-0.3, -0.25) is 4.79 Å². The maximum absolute atomic E-state index is 13.8. The number of carbonyl (C=O) groups is 1. The van der Waals surface area contributed by atoms with Gasteiger partial charge in [-0.15, -0.1) is 0 Å². The van der Waals surface area contributed by atoms with Crippen LogP contribution >= 0.6 is 0 Å². The molecule has 1 N–H and O–H groups in total. The molecule has 1 aliphatic rings. The zero-order valence-electron chi connectivity index (χ0n) is 15.4. The first-order valence-corrected chi connectivity index (χ1v) is 9.09. The Kier molecular flexibility index (Phi) is 5.94. The molecular formula is C21H23F2NO3. The average Bonchev–Trinajstić information content (AvgIpc) is 3.17. The highest BCUT2D eigenvalue weighted by molar-refractivity contribution is 5.94. The van der Waals surface area contributed by atoms with Crippen LogP contribution in [0, 0.1) is 11.6 Å². The van der Waals surface area contributed by atoms with Crippen molar-refractivity contribution in [3.8, 4) is 11.5 Å². The Hall–Kier alpha value is -2.63. The lowest BCUT2D eigenvalue weighted by Gasteiger charge is -2.19. The molecule has 4 nitrogen and oxygen atoms in total. The van der Waals surface area contributed by atoms with E-state index in [1.165, 1.54) is 25.0 Å². The van der Waals surface area contributed by atoms with Gasteiger partial charge in [0.05, 0.1) is 24.8 Å². The maximum atomic E-state index is 13.8. The molecule has 2 aromatic rings. The van der Waals surface area contributed by atoms with Crippen molar-refractivity contribution in [3.05, 3.63) is 59.2 Å². The van der Waals surface area contributed by atoms with Crippen molar-refractivity contribution in [3.63, 3.8) is 0 Å². The van der Waals surface area contributed by atoms with Crippen molar-refractivity contribution in [1.29, 1.82) is 0 Å². The van der Waals surface area contributed by atoms with Gasteiger partial charge in [-0.2, -0.15) is 0 Å². The summed E-state index contributed by atoms with van der Waals surface area (Å²) in [6.45, 7) is 1.77. The lowest BCUT2D eigenvalue weighted by atomic mass is 10.1. The molecule has 1 aliphatic carbocycles. The predicted molar refractivity (Wildman–Crippen MR) is 98.1 cm³/mol. The Morgan fingerprint density at radius 3 is 2.59 bits per heavy atom. The molecule has 0 bridgehead atoms. The molecule has 0 heterocycles. The van der Waals surface area contributed by atoms with E-state index in [9.17, 15) is 13.6 Å². The Balaban J connectivity index is 1.73. The minimum absolute atomic E-state index is 0.206. The third-order valence-corrected chi connectivity index (χ3v) is 4.83. The summed E-state index contributed by atoms with van der Waals surface area (Å²) in [5.41, 5.74) is 0.450. The monoisotopic (exact) mass is 375 g/mol. The number of rotatable bonds is 6. The van der Waals surface area contributed by atoms with E-state index in [-0.39, 0.29) is 11.7 Å². The van der Waals surface area contributed by atoms with E-state index < -0.39 is 23.6 Å². The molecule has 0 aromatic heterocycles. The SMILES string of the molecule is COc1cc(C(C)NC(=O)c2cccc(F)c2F)ccc1OC1CCCC1. The summed E-state index contributed by atoms with van der Waals surface area (Å²) >= 11 is 0. The fourth-order valence-electron chi connectivity index (χ4n) is 3.27. The third-order valence-electron chi connectivity index (χ3n) is 4.83. The number of benzene rings is 2. The van der Waals surface area contributed by atoms with Gasteiger partial charge < -0.3 is 14.8 Å². The minimum atomic E-state index is -1.15. The summed E-state index contributed by atoms with van der Waals surface area (Å²) < 4.78 is 38.6. The summed E-state index contributed by atoms with van der Waals surface area (Å²) in [7, 11) is 1.56. The second-order valence-electron chi connectivity index (χ2n) is 6.73. The summed E-state index contributed by atoms with van der Waals surface area (Å²) in [5.74, 6) is -1.63. The van der Waals surface area contributed by atoms with Crippen molar-refractivity contribution >= 4 is 5.91 Å². The van der Waals surface area contributed by atoms with E-state index in [0.717, 1.165) is 24.5 Å². The van der Waals surface area contributed by atoms with Crippen LogP contribution in [0.2, 0.25) is 0 Å². The van der Waals surface area contributed by atoms with Gasteiger partial charge in [-0.1, -0.05) is 12.1 Å². The first-order valence-electron chi connectivity index (χ1n) is 9.09. The van der Waals surface area contributed by atoms with Crippen molar-refractivity contribution in [2.45, 2.75) is 44.8 Å². The van der Waals surface area contributed by atoms with Crippen molar-refractivity contribution in [2.24, 2.45) is 0 Å². The van der Waals surface area contributed by atoms with E-state index in [0.29, 0.717) is 11.5 Å². The van der Waals surface area contributed by atoms with Crippen LogP contribution in [-0.2, 0) is 0 Å². The predicted octanol–water partition coefficient (Wildman–Crippen LogP) is 4.79. The van der Waals surface area contributed by atoms with Gasteiger partial charge in [0.15, 0.2) is 23.1 Å². The van der Waals surface area contributed by atoms with Gasteiger partial charge in [0, 0.05) is 0 Å². The van der Waals surface area contributed by atoms with Crippen molar-refractivity contribution in [2.75, 3.05) is 7.11 Å². The van der Waals surface area contributed by atoms with E-state index in [1.807, 2.05) is 12.1 Å². The highest BCUT2D eigenvalue weighted by Gasteiger charge is 2.21. The number of amides is 1. The molecule has 1 fully saturated rings. The fourth-order valence-corrected chi connectivity index (χ4v) is 3.27. The van der Waals surface area contributed by atoms with Crippen LogP contribution in [0.15, 0.2) is 36.4 Å². The second-order valence-corrected chi connectivity index (χ2v) is 6.73. The molecule has 1 unspecified atom stereocenters. The van der Waals surface area contributed by atoms with E-state index in [2.05, 4.69) is 5.32 Å². The van der Waals surface area contributed by atoms with E-state index in [4.69, 9.17) is 9.47 Å². The van der Waals surface area contributed by atoms with E-state index >= 15 is 0 Å². The summed E-state index contributed by atoms with van der Waals surface area (Å²) in [5, 5.41) is 2.68. The zero-order valence-corrected chi connectivity index (χ0v) is 15.4. The summed E-state index contributed by atoms with van der Waals surface area (Å²) in [6.07, 6.45) is 4.63. The van der Waals surface area contributed by atoms with Gasteiger partial charge in [0.25, 0.3) is 5.91 Å². The van der Waals surface area contributed by atoms with E-state index in [1.54, 1.807) is 20.1 Å². The Morgan fingerprint density at radius 2 is 1.89 bits per heavy atom. The summed E-state index contributed by atoms with van der Waals surface area (Å²) in [6, 6.07) is 8.54. The minimum Gasteiger partial charge on any atom is -0.493 e. The largest absolute Gasteiger partial charge is 0.493 e. The summed E-state index contributed by atoms with van der Waals surface area (Å²) in [4.78, 5) is 12.3. The lowest BCUT2D eigenvalue weighted by Crippen LogP contribution is -2.27. The third kappa shape index (κ3) is 4.38. The van der Waals surface area contributed by atoms with Gasteiger partial charge in [-0.25, -0.2) is 8.78 Å². The van der Waals surface area contributed by atoms with Crippen LogP contribution in [0.1, 0.15) is 54.6 Å². The standard InChI is InChI=1S/C21H23F2NO3/c1-13(24-21(25)16-8-5-9-17(22)20(16)23)14-10-11-18(19(12-14)26-2)27-15-6-3-4-7-15/h5,8-13,15H,3-4,6-7H2,1-2H3,(H,24,25). The van der Waals surface area contributed by atoms with Crippen LogP contribution < -0.4 is 14.8 Å². The number of halogens is 2.